The average molecular weight is 311 g/mol. The zero-order valence-electron chi connectivity index (χ0n) is 10.4. The van der Waals surface area contributed by atoms with Crippen molar-refractivity contribution in [2.45, 2.75) is 12.8 Å². The van der Waals surface area contributed by atoms with Gasteiger partial charge in [0.2, 0.25) is 5.91 Å². The molecule has 0 saturated carbocycles. The molecule has 0 atom stereocenters. The SMILES string of the molecule is Cl.O=C1CCNCCN1c1ccc(OC(F)(F)F)cc1. The molecule has 20 heavy (non-hydrogen) atoms. The minimum absolute atomic E-state index is 0. The number of carbonyl (C=O) groups excluding carboxylic acids is 1. The first kappa shape index (κ1) is 16.6. The Balaban J connectivity index is 0.00000200. The first-order chi connectivity index (χ1) is 8.96. The van der Waals surface area contributed by atoms with Gasteiger partial charge in [-0.1, -0.05) is 0 Å². The molecule has 1 N–H and O–H groups in total. The van der Waals surface area contributed by atoms with Crippen molar-refractivity contribution < 1.29 is 22.7 Å². The number of hydrogen-bond acceptors (Lipinski definition) is 3. The van der Waals surface area contributed by atoms with Crippen molar-refractivity contribution >= 4 is 24.0 Å². The second-order valence-electron chi connectivity index (χ2n) is 4.09. The molecule has 8 heteroatoms. The zero-order chi connectivity index (χ0) is 13.9. The number of alkyl halides is 3. The van der Waals surface area contributed by atoms with Crippen LogP contribution in [0.3, 0.4) is 0 Å². The van der Waals surface area contributed by atoms with E-state index in [4.69, 9.17) is 0 Å². The van der Waals surface area contributed by atoms with Crippen LogP contribution in [0.1, 0.15) is 6.42 Å². The van der Waals surface area contributed by atoms with E-state index in [9.17, 15) is 18.0 Å². The van der Waals surface area contributed by atoms with Gasteiger partial charge in [-0.3, -0.25) is 4.79 Å². The molecule has 0 radical (unpaired) electrons. The lowest BCUT2D eigenvalue weighted by Gasteiger charge is -2.20. The van der Waals surface area contributed by atoms with E-state index < -0.39 is 6.36 Å². The fraction of sp³-hybridized carbons (Fsp3) is 0.417. The second kappa shape index (κ2) is 6.81. The standard InChI is InChI=1S/C12H13F3N2O2.ClH/c13-12(14,15)19-10-3-1-9(2-4-10)17-8-7-16-6-5-11(17)18;/h1-4,16H,5-8H2;1H. The molecule has 0 aliphatic carbocycles. The fourth-order valence-corrected chi connectivity index (χ4v) is 1.87. The van der Waals surface area contributed by atoms with Gasteiger partial charge in [-0.05, 0) is 24.3 Å². The Kier molecular flexibility index (Phi) is 5.64. The summed E-state index contributed by atoms with van der Waals surface area (Å²) in [5.41, 5.74) is 0.572. The van der Waals surface area contributed by atoms with E-state index in [-0.39, 0.29) is 24.1 Å². The Morgan fingerprint density at radius 3 is 2.40 bits per heavy atom. The van der Waals surface area contributed by atoms with E-state index in [1.165, 1.54) is 24.3 Å². The molecule has 1 aromatic carbocycles. The van der Waals surface area contributed by atoms with Crippen LogP contribution in [0, 0.1) is 0 Å². The van der Waals surface area contributed by atoms with Crippen molar-refractivity contribution in [1.82, 2.24) is 5.32 Å². The van der Waals surface area contributed by atoms with Crippen molar-refractivity contribution in [3.05, 3.63) is 24.3 Å². The molecule has 1 heterocycles. The normalized spacial score (nSPS) is 16.4. The molecule has 0 bridgehead atoms. The molecule has 1 aromatic rings. The molecule has 1 aliphatic rings. The third kappa shape index (κ3) is 4.57. The highest BCUT2D eigenvalue weighted by Crippen LogP contribution is 2.25. The summed E-state index contributed by atoms with van der Waals surface area (Å²) < 4.78 is 39.8. The number of nitrogens with zero attached hydrogens (tertiary/aromatic N) is 1. The third-order valence-electron chi connectivity index (χ3n) is 2.71. The lowest BCUT2D eigenvalue weighted by molar-refractivity contribution is -0.274. The number of ether oxygens (including phenoxy) is 1. The van der Waals surface area contributed by atoms with Crippen LogP contribution in [-0.4, -0.2) is 31.9 Å². The maximum absolute atomic E-state index is 12.0. The molecule has 112 valence electrons. The topological polar surface area (TPSA) is 41.6 Å². The number of benzene rings is 1. The molecule has 1 saturated heterocycles. The molecule has 0 unspecified atom stereocenters. The maximum atomic E-state index is 12.0. The summed E-state index contributed by atoms with van der Waals surface area (Å²) in [5.74, 6) is -0.342. The van der Waals surface area contributed by atoms with Crippen LogP contribution in [-0.2, 0) is 4.79 Å². The number of anilines is 1. The van der Waals surface area contributed by atoms with Gasteiger partial charge in [-0.15, -0.1) is 25.6 Å². The Labute approximate surface area is 120 Å². The summed E-state index contributed by atoms with van der Waals surface area (Å²) in [6.45, 7) is 1.77. The zero-order valence-corrected chi connectivity index (χ0v) is 11.3. The highest BCUT2D eigenvalue weighted by Gasteiger charge is 2.31. The van der Waals surface area contributed by atoms with Crippen molar-refractivity contribution in [2.75, 3.05) is 24.5 Å². The quantitative estimate of drug-likeness (QED) is 0.911. The number of amides is 1. The van der Waals surface area contributed by atoms with Crippen molar-refractivity contribution in [3.63, 3.8) is 0 Å². The van der Waals surface area contributed by atoms with Crippen molar-refractivity contribution in [1.29, 1.82) is 0 Å². The van der Waals surface area contributed by atoms with E-state index in [2.05, 4.69) is 10.1 Å². The second-order valence-corrected chi connectivity index (χ2v) is 4.09. The average Bonchev–Trinajstić information content (AvgIpc) is 2.53. The van der Waals surface area contributed by atoms with Gasteiger partial charge in [0.1, 0.15) is 5.75 Å². The largest absolute Gasteiger partial charge is 0.573 e. The summed E-state index contributed by atoms with van der Waals surface area (Å²) >= 11 is 0. The van der Waals surface area contributed by atoms with Gasteiger partial charge in [-0.25, -0.2) is 0 Å². The first-order valence-electron chi connectivity index (χ1n) is 5.82. The number of carbonyl (C=O) groups is 1. The Hall–Kier alpha value is -1.47. The van der Waals surface area contributed by atoms with E-state index in [1.807, 2.05) is 0 Å². The molecule has 0 aromatic heterocycles. The van der Waals surface area contributed by atoms with E-state index >= 15 is 0 Å². The van der Waals surface area contributed by atoms with Crippen molar-refractivity contribution in [2.24, 2.45) is 0 Å². The van der Waals surface area contributed by atoms with Gasteiger partial charge in [-0.2, -0.15) is 0 Å². The summed E-state index contributed by atoms with van der Waals surface area (Å²) in [6, 6.07) is 5.30. The molecule has 2 rings (SSSR count). The summed E-state index contributed by atoms with van der Waals surface area (Å²) in [4.78, 5) is 13.4. The van der Waals surface area contributed by atoms with Gasteiger partial charge in [0, 0.05) is 31.7 Å². The summed E-state index contributed by atoms with van der Waals surface area (Å²) in [6.07, 6.45) is -4.33. The number of rotatable bonds is 2. The third-order valence-corrected chi connectivity index (χ3v) is 2.71. The van der Waals surface area contributed by atoms with E-state index in [0.717, 1.165) is 0 Å². The molecule has 4 nitrogen and oxygen atoms in total. The predicted molar refractivity (Wildman–Crippen MR) is 70.2 cm³/mol. The lowest BCUT2D eigenvalue weighted by Crippen LogP contribution is -2.32. The predicted octanol–water partition coefficient (Wildman–Crippen LogP) is 2.33. The first-order valence-corrected chi connectivity index (χ1v) is 5.82. The monoisotopic (exact) mass is 310 g/mol. The minimum atomic E-state index is -4.70. The fourth-order valence-electron chi connectivity index (χ4n) is 1.87. The van der Waals surface area contributed by atoms with Crippen LogP contribution in [0.5, 0.6) is 5.75 Å². The summed E-state index contributed by atoms with van der Waals surface area (Å²) in [5, 5.41) is 3.08. The lowest BCUT2D eigenvalue weighted by atomic mass is 10.2. The smallest absolute Gasteiger partial charge is 0.406 e. The minimum Gasteiger partial charge on any atom is -0.406 e. The highest BCUT2D eigenvalue weighted by molar-refractivity contribution is 5.93. The van der Waals surface area contributed by atoms with Gasteiger partial charge >= 0.3 is 6.36 Å². The number of nitrogens with one attached hydrogen (secondary N) is 1. The van der Waals surface area contributed by atoms with Crippen LogP contribution < -0.4 is 15.0 Å². The Morgan fingerprint density at radius 2 is 1.80 bits per heavy atom. The van der Waals surface area contributed by atoms with Crippen LogP contribution in [0.4, 0.5) is 18.9 Å². The number of halogens is 4. The number of hydrogen-bond donors (Lipinski definition) is 1. The van der Waals surface area contributed by atoms with Crippen molar-refractivity contribution in [3.8, 4) is 5.75 Å². The van der Waals surface area contributed by atoms with Gasteiger partial charge < -0.3 is 15.0 Å². The Morgan fingerprint density at radius 1 is 1.15 bits per heavy atom. The highest BCUT2D eigenvalue weighted by atomic mass is 35.5. The molecular weight excluding hydrogens is 297 g/mol. The molecular formula is C12H14ClF3N2O2. The van der Waals surface area contributed by atoms with E-state index in [1.54, 1.807) is 4.90 Å². The maximum Gasteiger partial charge on any atom is 0.573 e. The van der Waals surface area contributed by atoms with E-state index in [0.29, 0.717) is 31.7 Å². The van der Waals surface area contributed by atoms with Gasteiger partial charge in [0.05, 0.1) is 0 Å². The van der Waals surface area contributed by atoms with Crippen LogP contribution in [0.25, 0.3) is 0 Å². The molecule has 1 fully saturated rings. The van der Waals surface area contributed by atoms with Crippen LogP contribution in [0.15, 0.2) is 24.3 Å². The van der Waals surface area contributed by atoms with Crippen LogP contribution >= 0.6 is 12.4 Å². The summed E-state index contributed by atoms with van der Waals surface area (Å²) in [7, 11) is 0. The molecule has 0 spiro atoms. The van der Waals surface area contributed by atoms with Gasteiger partial charge in [0.25, 0.3) is 0 Å². The molecule has 1 amide bonds. The molecule has 1 aliphatic heterocycles. The van der Waals surface area contributed by atoms with Gasteiger partial charge in [0.15, 0.2) is 0 Å². The Bertz CT molecular complexity index is 451. The van der Waals surface area contributed by atoms with Crippen LogP contribution in [0.2, 0.25) is 0 Å².